The third kappa shape index (κ3) is 5.93. The van der Waals surface area contributed by atoms with E-state index in [0.717, 1.165) is 16.6 Å². The Morgan fingerprint density at radius 1 is 1.08 bits per heavy atom. The van der Waals surface area contributed by atoms with Gasteiger partial charge in [-0.05, 0) is 57.9 Å². The third-order valence-corrected chi connectivity index (χ3v) is 6.95. The molecular weight excluding hydrogens is 556 g/mol. The van der Waals surface area contributed by atoms with Crippen molar-refractivity contribution in [2.75, 3.05) is 19.7 Å². The Labute approximate surface area is 227 Å². The van der Waals surface area contributed by atoms with Gasteiger partial charge in [-0.15, -0.1) is 0 Å². The lowest BCUT2D eigenvalue weighted by Crippen LogP contribution is -2.32. The van der Waals surface area contributed by atoms with Crippen molar-refractivity contribution in [2.45, 2.75) is 12.6 Å². The molecule has 0 radical (unpaired) electrons. The number of aromatic amines is 1. The van der Waals surface area contributed by atoms with Crippen LogP contribution in [0.15, 0.2) is 83.4 Å². The minimum atomic E-state index is -0.543. The molecule has 0 aliphatic carbocycles. The maximum Gasteiger partial charge on any atom is 0.255 e. The summed E-state index contributed by atoms with van der Waals surface area (Å²) in [5.41, 5.74) is 3.46. The highest BCUT2D eigenvalue weighted by Crippen LogP contribution is 2.24. The Morgan fingerprint density at radius 2 is 1.86 bits per heavy atom. The van der Waals surface area contributed by atoms with Crippen LogP contribution in [0.2, 0.25) is 5.02 Å². The van der Waals surface area contributed by atoms with E-state index in [9.17, 15) is 9.59 Å². The van der Waals surface area contributed by atoms with Crippen LogP contribution >= 0.6 is 27.5 Å². The fourth-order valence-electron chi connectivity index (χ4n) is 4.11. The second-order valence-electron chi connectivity index (χ2n) is 8.69. The summed E-state index contributed by atoms with van der Waals surface area (Å²) in [7, 11) is 0. The van der Waals surface area contributed by atoms with Crippen molar-refractivity contribution in [1.29, 1.82) is 0 Å². The molecule has 1 aromatic heterocycles. The van der Waals surface area contributed by atoms with Crippen LogP contribution in [0.4, 0.5) is 0 Å². The average Bonchev–Trinajstić information content (AvgIpc) is 3.58. The molecule has 3 aromatic carbocycles. The lowest BCUT2D eigenvalue weighted by Gasteiger charge is -2.18. The van der Waals surface area contributed by atoms with E-state index in [0.29, 0.717) is 46.1 Å². The number of imidazole rings is 1. The Hall–Kier alpha value is -3.46. The molecule has 2 N–H and O–H groups in total. The second-order valence-corrected chi connectivity index (χ2v) is 9.98. The summed E-state index contributed by atoms with van der Waals surface area (Å²) in [5.74, 6) is 0.164. The summed E-state index contributed by atoms with van der Waals surface area (Å²) in [5, 5.41) is 3.62. The van der Waals surface area contributed by atoms with Gasteiger partial charge in [-0.25, -0.2) is 4.98 Å². The van der Waals surface area contributed by atoms with Gasteiger partial charge >= 0.3 is 0 Å². The van der Waals surface area contributed by atoms with Gasteiger partial charge in [-0.2, -0.15) is 0 Å². The van der Waals surface area contributed by atoms with E-state index in [1.165, 1.54) is 0 Å². The number of ether oxygens (including phenoxy) is 1. The number of carbonyl (C=O) groups is 2. The van der Waals surface area contributed by atoms with E-state index < -0.39 is 6.04 Å². The molecule has 0 fully saturated rings. The van der Waals surface area contributed by atoms with Crippen molar-refractivity contribution < 1.29 is 14.3 Å². The number of carbonyl (C=O) groups excluding carboxylic acids is 2. The standard InChI is InChI=1S/C28H24BrClN4O3/c29-22-14-19(8-10-21(22)28(36)34-12-4-5-13-34)27(35)33-25(17-37-16-18-6-2-1-3-7-18)26-31-23-11-9-20(30)15-24(23)32-26/h1-11,14-15,25H,12-13,16-17H2,(H,31,32)(H,33,35). The number of aromatic nitrogens is 2. The van der Waals surface area contributed by atoms with Crippen LogP contribution in [-0.2, 0) is 11.3 Å². The van der Waals surface area contributed by atoms with Gasteiger partial charge in [0.1, 0.15) is 11.9 Å². The van der Waals surface area contributed by atoms with Crippen LogP contribution in [-0.4, -0.2) is 46.4 Å². The fourth-order valence-corrected chi connectivity index (χ4v) is 4.83. The second kappa shape index (κ2) is 11.3. The number of amides is 2. The molecule has 9 heteroatoms. The van der Waals surface area contributed by atoms with Gasteiger partial charge < -0.3 is 19.9 Å². The number of nitrogens with zero attached hydrogens (tertiary/aromatic N) is 2. The van der Waals surface area contributed by atoms with Crippen LogP contribution in [0.3, 0.4) is 0 Å². The fraction of sp³-hybridized carbons (Fsp3) is 0.179. The first-order valence-electron chi connectivity index (χ1n) is 11.8. The van der Waals surface area contributed by atoms with Gasteiger partial charge in [0, 0.05) is 28.1 Å². The van der Waals surface area contributed by atoms with Crippen molar-refractivity contribution in [3.05, 3.63) is 111 Å². The number of rotatable bonds is 8. The minimum absolute atomic E-state index is 0.0861. The van der Waals surface area contributed by atoms with Crippen LogP contribution in [0.1, 0.15) is 38.1 Å². The lowest BCUT2D eigenvalue weighted by molar-refractivity contribution is 0.0782. The number of H-pyrrole nitrogens is 1. The molecule has 1 unspecified atom stereocenters. The highest BCUT2D eigenvalue weighted by atomic mass is 79.9. The van der Waals surface area contributed by atoms with E-state index in [2.05, 4.69) is 31.2 Å². The van der Waals surface area contributed by atoms with Crippen LogP contribution in [0.25, 0.3) is 11.0 Å². The first-order chi connectivity index (χ1) is 18.0. The molecular formula is C28H24BrClN4O3. The molecule has 0 saturated heterocycles. The number of benzene rings is 3. The summed E-state index contributed by atoms with van der Waals surface area (Å²) >= 11 is 9.61. The Morgan fingerprint density at radius 3 is 2.62 bits per heavy atom. The molecule has 2 amide bonds. The first-order valence-corrected chi connectivity index (χ1v) is 13.0. The monoisotopic (exact) mass is 578 g/mol. The summed E-state index contributed by atoms with van der Waals surface area (Å²) in [4.78, 5) is 35.7. The summed E-state index contributed by atoms with van der Waals surface area (Å²) in [6, 6.07) is 19.6. The molecule has 0 spiro atoms. The number of halogens is 2. The van der Waals surface area contributed by atoms with Crippen molar-refractivity contribution in [3.63, 3.8) is 0 Å². The Kier molecular flexibility index (Phi) is 7.69. The van der Waals surface area contributed by atoms with Gasteiger partial charge in [0.05, 0.1) is 29.8 Å². The van der Waals surface area contributed by atoms with Crippen LogP contribution in [0, 0.1) is 0 Å². The van der Waals surface area contributed by atoms with Crippen LogP contribution < -0.4 is 5.32 Å². The normalized spacial score (nSPS) is 13.7. The molecule has 2 heterocycles. The van der Waals surface area contributed by atoms with E-state index in [1.54, 1.807) is 35.2 Å². The van der Waals surface area contributed by atoms with Crippen molar-refractivity contribution in [1.82, 2.24) is 20.2 Å². The first kappa shape index (κ1) is 25.2. The van der Waals surface area contributed by atoms with Crippen molar-refractivity contribution in [3.8, 4) is 0 Å². The van der Waals surface area contributed by atoms with Crippen molar-refractivity contribution >= 4 is 50.4 Å². The average molecular weight is 580 g/mol. The van der Waals surface area contributed by atoms with E-state index >= 15 is 0 Å². The predicted octanol–water partition coefficient (Wildman–Crippen LogP) is 5.68. The number of nitrogens with one attached hydrogen (secondary N) is 2. The number of hydrogen-bond acceptors (Lipinski definition) is 4. The zero-order valence-corrected chi connectivity index (χ0v) is 22.1. The zero-order valence-electron chi connectivity index (χ0n) is 19.8. The zero-order chi connectivity index (χ0) is 25.8. The molecule has 1 aliphatic heterocycles. The Bertz CT molecular complexity index is 1460. The maximum atomic E-state index is 13.3. The highest BCUT2D eigenvalue weighted by Gasteiger charge is 2.23. The van der Waals surface area contributed by atoms with E-state index in [1.807, 2.05) is 48.6 Å². The molecule has 188 valence electrons. The largest absolute Gasteiger partial charge is 0.374 e. The molecule has 7 nitrogen and oxygen atoms in total. The summed E-state index contributed by atoms with van der Waals surface area (Å²) in [6.07, 6.45) is 3.92. The molecule has 1 atom stereocenters. The quantitative estimate of drug-likeness (QED) is 0.263. The molecule has 37 heavy (non-hydrogen) atoms. The maximum absolute atomic E-state index is 13.3. The van der Waals surface area contributed by atoms with Gasteiger partial charge in [0.15, 0.2) is 0 Å². The van der Waals surface area contributed by atoms with Crippen LogP contribution in [0.5, 0.6) is 0 Å². The van der Waals surface area contributed by atoms with Gasteiger partial charge in [-0.1, -0.05) is 54.1 Å². The van der Waals surface area contributed by atoms with Gasteiger partial charge in [0.2, 0.25) is 0 Å². The topological polar surface area (TPSA) is 87.3 Å². The lowest BCUT2D eigenvalue weighted by atomic mass is 10.1. The highest BCUT2D eigenvalue weighted by molar-refractivity contribution is 9.10. The Balaban J connectivity index is 1.34. The SMILES string of the molecule is O=C(NC(COCc1ccccc1)c1nc2ccc(Cl)cc2[nH]1)c1ccc(C(=O)N2CC=CC2)c(Br)c1. The molecule has 5 rings (SSSR count). The molecule has 4 aromatic rings. The predicted molar refractivity (Wildman–Crippen MR) is 147 cm³/mol. The van der Waals surface area contributed by atoms with E-state index in [-0.39, 0.29) is 18.4 Å². The number of fused-ring (bicyclic) bond motifs is 1. The smallest absolute Gasteiger partial charge is 0.255 e. The van der Waals surface area contributed by atoms with Crippen molar-refractivity contribution in [2.24, 2.45) is 0 Å². The number of hydrogen-bond donors (Lipinski definition) is 2. The van der Waals surface area contributed by atoms with Gasteiger partial charge in [-0.3, -0.25) is 9.59 Å². The van der Waals surface area contributed by atoms with Gasteiger partial charge in [0.25, 0.3) is 11.8 Å². The summed E-state index contributed by atoms with van der Waals surface area (Å²) in [6.45, 7) is 1.77. The third-order valence-electron chi connectivity index (χ3n) is 6.06. The minimum Gasteiger partial charge on any atom is -0.374 e. The molecule has 0 saturated carbocycles. The molecule has 0 bridgehead atoms. The summed E-state index contributed by atoms with van der Waals surface area (Å²) < 4.78 is 6.52. The van der Waals surface area contributed by atoms with E-state index in [4.69, 9.17) is 16.3 Å². The molecule has 1 aliphatic rings.